The average molecular weight is 446 g/mol. The molecule has 0 bridgehead atoms. The molecular weight excluding hydrogens is 422 g/mol. The minimum atomic E-state index is -1.79. The topological polar surface area (TPSA) is 49.8 Å². The van der Waals surface area contributed by atoms with Crippen LogP contribution < -0.4 is 9.64 Å². The van der Waals surface area contributed by atoms with Gasteiger partial charge in [0.15, 0.2) is 5.60 Å². The molecule has 6 rings (SSSR count). The lowest BCUT2D eigenvalue weighted by Crippen LogP contribution is -2.41. The normalized spacial score (nSPS) is 17.4. The number of amides is 1. The van der Waals surface area contributed by atoms with E-state index in [1.54, 1.807) is 36.3 Å². The lowest BCUT2D eigenvalue weighted by Gasteiger charge is -2.25. The number of benzene rings is 5. The predicted molar refractivity (Wildman–Crippen MR) is 135 cm³/mol. The molecule has 1 amide bonds. The van der Waals surface area contributed by atoms with Gasteiger partial charge in [0, 0.05) is 11.1 Å². The molecule has 4 heteroatoms. The van der Waals surface area contributed by atoms with E-state index in [1.807, 2.05) is 48.5 Å². The first-order valence-electron chi connectivity index (χ1n) is 11.3. The molecular formula is C30H23NO3. The number of aliphatic hydroxyl groups is 1. The SMILES string of the molecule is COc1cccc([C@]2(O)C(=O)N(Cc3c4ccccc4cc4ccccc34)c3ccccc32)c1. The lowest BCUT2D eigenvalue weighted by atomic mass is 9.87. The summed E-state index contributed by atoms with van der Waals surface area (Å²) in [4.78, 5) is 15.7. The number of fused-ring (bicyclic) bond motifs is 3. The monoisotopic (exact) mass is 445 g/mol. The Hall–Kier alpha value is -4.15. The van der Waals surface area contributed by atoms with E-state index in [2.05, 4.69) is 30.3 Å². The number of ether oxygens (including phenoxy) is 1. The second-order valence-electron chi connectivity index (χ2n) is 8.65. The zero-order valence-corrected chi connectivity index (χ0v) is 18.7. The van der Waals surface area contributed by atoms with Crippen molar-refractivity contribution in [1.29, 1.82) is 0 Å². The zero-order valence-electron chi connectivity index (χ0n) is 18.7. The first-order valence-corrected chi connectivity index (χ1v) is 11.3. The minimum absolute atomic E-state index is 0.351. The van der Waals surface area contributed by atoms with Gasteiger partial charge in [-0.05, 0) is 51.4 Å². The average Bonchev–Trinajstić information content (AvgIpc) is 3.11. The summed E-state index contributed by atoms with van der Waals surface area (Å²) < 4.78 is 5.37. The second kappa shape index (κ2) is 7.72. The smallest absolute Gasteiger partial charge is 0.268 e. The zero-order chi connectivity index (χ0) is 23.3. The van der Waals surface area contributed by atoms with Gasteiger partial charge in [-0.2, -0.15) is 0 Å². The van der Waals surface area contributed by atoms with E-state index in [1.165, 1.54) is 0 Å². The Labute approximate surface area is 197 Å². The molecule has 1 aliphatic heterocycles. The Balaban J connectivity index is 1.54. The maximum Gasteiger partial charge on any atom is 0.268 e. The van der Waals surface area contributed by atoms with Crippen LogP contribution in [0.1, 0.15) is 16.7 Å². The second-order valence-corrected chi connectivity index (χ2v) is 8.65. The van der Waals surface area contributed by atoms with Gasteiger partial charge in [0.25, 0.3) is 5.91 Å². The van der Waals surface area contributed by atoms with Crippen LogP contribution in [0.15, 0.2) is 103 Å². The van der Waals surface area contributed by atoms with Gasteiger partial charge in [-0.15, -0.1) is 0 Å². The molecule has 5 aromatic carbocycles. The van der Waals surface area contributed by atoms with Crippen LogP contribution >= 0.6 is 0 Å². The largest absolute Gasteiger partial charge is 0.497 e. The van der Waals surface area contributed by atoms with Crippen LogP contribution in [0.25, 0.3) is 21.5 Å². The van der Waals surface area contributed by atoms with Gasteiger partial charge in [-0.25, -0.2) is 0 Å². The third-order valence-corrected chi connectivity index (χ3v) is 6.83. The van der Waals surface area contributed by atoms with Crippen molar-refractivity contribution in [2.24, 2.45) is 0 Å². The molecule has 0 aromatic heterocycles. The number of rotatable bonds is 4. The Morgan fingerprint density at radius 1 is 0.794 bits per heavy atom. The van der Waals surface area contributed by atoms with Crippen molar-refractivity contribution in [1.82, 2.24) is 0 Å². The van der Waals surface area contributed by atoms with Crippen LogP contribution in [0, 0.1) is 0 Å². The summed E-state index contributed by atoms with van der Waals surface area (Å²) in [5.74, 6) is 0.230. The number of hydrogen-bond acceptors (Lipinski definition) is 3. The lowest BCUT2D eigenvalue weighted by molar-refractivity contribution is -0.132. The van der Waals surface area contributed by atoms with Crippen molar-refractivity contribution in [3.8, 4) is 5.75 Å². The van der Waals surface area contributed by atoms with Crippen LogP contribution in [0.5, 0.6) is 5.75 Å². The van der Waals surface area contributed by atoms with E-state index in [-0.39, 0.29) is 5.91 Å². The molecule has 0 aliphatic carbocycles. The molecule has 0 saturated carbocycles. The fourth-order valence-electron chi connectivity index (χ4n) is 5.16. The highest BCUT2D eigenvalue weighted by molar-refractivity contribution is 6.10. The van der Waals surface area contributed by atoms with Crippen molar-refractivity contribution in [2.45, 2.75) is 12.1 Å². The van der Waals surface area contributed by atoms with E-state index >= 15 is 0 Å². The molecule has 1 atom stereocenters. The molecule has 5 aromatic rings. The standard InChI is InChI=1S/C30H23NO3/c1-34-23-12-8-11-22(18-23)30(33)27-15-6-7-16-28(27)31(29(30)32)19-26-24-13-4-2-9-20(24)17-21-10-3-5-14-25(21)26/h2-18,33H,19H2,1H3/t30-/m1/s1. The number of carbonyl (C=O) groups excluding carboxylic acids is 1. The molecule has 4 nitrogen and oxygen atoms in total. The van der Waals surface area contributed by atoms with Crippen LogP contribution in [-0.4, -0.2) is 18.1 Å². The number of methoxy groups -OCH3 is 1. The Bertz CT molecular complexity index is 1520. The van der Waals surface area contributed by atoms with Crippen LogP contribution in [0.2, 0.25) is 0 Å². The molecule has 0 saturated heterocycles. The summed E-state index contributed by atoms with van der Waals surface area (Å²) in [6.45, 7) is 0.351. The van der Waals surface area contributed by atoms with E-state index in [0.717, 1.165) is 32.8 Å². The van der Waals surface area contributed by atoms with E-state index in [0.29, 0.717) is 23.4 Å². The quantitative estimate of drug-likeness (QED) is 0.357. The number of hydrogen-bond donors (Lipinski definition) is 1. The van der Waals surface area contributed by atoms with Gasteiger partial charge in [0.05, 0.1) is 19.3 Å². The van der Waals surface area contributed by atoms with Gasteiger partial charge in [-0.1, -0.05) is 78.9 Å². The van der Waals surface area contributed by atoms with Crippen molar-refractivity contribution in [2.75, 3.05) is 12.0 Å². The molecule has 0 unspecified atom stereocenters. The van der Waals surface area contributed by atoms with Crippen molar-refractivity contribution >= 4 is 33.1 Å². The first-order chi connectivity index (χ1) is 16.6. The Kier molecular flexibility index (Phi) is 4.64. The minimum Gasteiger partial charge on any atom is -0.497 e. The van der Waals surface area contributed by atoms with E-state index in [4.69, 9.17) is 4.74 Å². The van der Waals surface area contributed by atoms with Gasteiger partial charge >= 0.3 is 0 Å². The molecule has 1 N–H and O–H groups in total. The molecule has 166 valence electrons. The molecule has 34 heavy (non-hydrogen) atoms. The van der Waals surface area contributed by atoms with Gasteiger partial charge in [0.1, 0.15) is 5.75 Å². The maximum absolute atomic E-state index is 14.0. The fraction of sp³-hybridized carbons (Fsp3) is 0.100. The number of anilines is 1. The van der Waals surface area contributed by atoms with Crippen LogP contribution in [-0.2, 0) is 16.9 Å². The summed E-state index contributed by atoms with van der Waals surface area (Å²) in [7, 11) is 1.57. The third-order valence-electron chi connectivity index (χ3n) is 6.83. The van der Waals surface area contributed by atoms with Crippen molar-refractivity contribution in [3.63, 3.8) is 0 Å². The van der Waals surface area contributed by atoms with Gasteiger partial charge in [0.2, 0.25) is 0 Å². The Morgan fingerprint density at radius 2 is 1.44 bits per heavy atom. The van der Waals surface area contributed by atoms with E-state index in [9.17, 15) is 9.90 Å². The first kappa shape index (κ1) is 20.5. The van der Waals surface area contributed by atoms with Gasteiger partial charge in [-0.3, -0.25) is 4.79 Å². The number of nitrogens with zero attached hydrogens (tertiary/aromatic N) is 1. The molecule has 0 radical (unpaired) electrons. The highest BCUT2D eigenvalue weighted by atomic mass is 16.5. The molecule has 1 heterocycles. The number of carbonyl (C=O) groups is 1. The van der Waals surface area contributed by atoms with E-state index < -0.39 is 5.60 Å². The maximum atomic E-state index is 14.0. The molecule has 0 spiro atoms. The summed E-state index contributed by atoms with van der Waals surface area (Å²) >= 11 is 0. The third kappa shape index (κ3) is 2.93. The summed E-state index contributed by atoms with van der Waals surface area (Å²) in [6.07, 6.45) is 0. The highest BCUT2D eigenvalue weighted by Gasteiger charge is 2.51. The summed E-state index contributed by atoms with van der Waals surface area (Å²) in [5, 5.41) is 16.4. The predicted octanol–water partition coefficient (Wildman–Crippen LogP) is 5.78. The van der Waals surface area contributed by atoms with Crippen molar-refractivity contribution < 1.29 is 14.6 Å². The Morgan fingerprint density at radius 3 is 2.15 bits per heavy atom. The number of para-hydroxylation sites is 1. The molecule has 1 aliphatic rings. The van der Waals surface area contributed by atoms with Crippen LogP contribution in [0.3, 0.4) is 0 Å². The van der Waals surface area contributed by atoms with Gasteiger partial charge < -0.3 is 14.7 Å². The fourth-order valence-corrected chi connectivity index (χ4v) is 5.16. The highest BCUT2D eigenvalue weighted by Crippen LogP contribution is 2.46. The van der Waals surface area contributed by atoms with Crippen LogP contribution in [0.4, 0.5) is 5.69 Å². The summed E-state index contributed by atoms with van der Waals surface area (Å²) in [5.41, 5.74) is 1.07. The summed E-state index contributed by atoms with van der Waals surface area (Å²) in [6, 6.07) is 33.2. The van der Waals surface area contributed by atoms with Crippen molar-refractivity contribution in [3.05, 3.63) is 120 Å². The molecule has 0 fully saturated rings.